The second-order valence-corrected chi connectivity index (χ2v) is 7.97. The van der Waals surface area contributed by atoms with Crippen LogP contribution in [0, 0.1) is 0 Å². The number of carbonyl (C=O) groups is 1. The maximum absolute atomic E-state index is 11.2. The van der Waals surface area contributed by atoms with E-state index < -0.39 is 0 Å². The fraction of sp³-hybridized carbons (Fsp3) is 0.458. The average Bonchev–Trinajstić information content (AvgIpc) is 2.76. The maximum Gasteiger partial charge on any atom is 0.221 e. The van der Waals surface area contributed by atoms with Crippen molar-refractivity contribution in [1.82, 2.24) is 9.80 Å². The molecule has 1 fully saturated rings. The molecule has 3 rings (SSSR count). The van der Waals surface area contributed by atoms with Gasteiger partial charge in [-0.3, -0.25) is 14.6 Å². The molecule has 0 bridgehead atoms. The largest absolute Gasteiger partial charge is 0.497 e. The molecule has 0 aromatic heterocycles. The summed E-state index contributed by atoms with van der Waals surface area (Å²) in [6.07, 6.45) is 0.735. The van der Waals surface area contributed by atoms with Crippen LogP contribution in [-0.2, 0) is 17.9 Å². The minimum absolute atomic E-state index is 0.0654. The van der Waals surface area contributed by atoms with Crippen LogP contribution in [0.3, 0.4) is 0 Å². The summed E-state index contributed by atoms with van der Waals surface area (Å²) in [5.74, 6) is 1.51. The van der Waals surface area contributed by atoms with Crippen molar-refractivity contribution in [2.45, 2.75) is 32.5 Å². The molecule has 7 heteroatoms. The number of amides is 1. The number of aliphatic hydroxyl groups excluding tert-OH is 1. The van der Waals surface area contributed by atoms with Crippen LogP contribution < -0.4 is 14.8 Å². The number of hydrogen-bond acceptors (Lipinski definition) is 6. The highest BCUT2D eigenvalue weighted by Crippen LogP contribution is 2.25. The normalized spacial score (nSPS) is 17.4. The highest BCUT2D eigenvalue weighted by Gasteiger charge is 2.27. The molecule has 1 amide bonds. The number of aliphatic hydroxyl groups is 1. The van der Waals surface area contributed by atoms with Gasteiger partial charge in [-0.15, -0.1) is 0 Å². The van der Waals surface area contributed by atoms with E-state index in [1.807, 2.05) is 30.3 Å². The molecule has 2 aromatic rings. The summed E-state index contributed by atoms with van der Waals surface area (Å²) in [7, 11) is 3.32. The van der Waals surface area contributed by atoms with E-state index in [9.17, 15) is 9.90 Å². The molecule has 2 N–H and O–H groups in total. The van der Waals surface area contributed by atoms with E-state index in [2.05, 4.69) is 27.2 Å². The van der Waals surface area contributed by atoms with Crippen molar-refractivity contribution in [3.8, 4) is 11.5 Å². The van der Waals surface area contributed by atoms with Gasteiger partial charge in [-0.1, -0.05) is 12.1 Å². The average molecular weight is 428 g/mol. The fourth-order valence-corrected chi connectivity index (χ4v) is 4.08. The van der Waals surface area contributed by atoms with Crippen molar-refractivity contribution in [3.05, 3.63) is 53.6 Å². The second kappa shape index (κ2) is 11.1. The standard InChI is InChI=1S/C24H33N3O4/c1-18(29)25-21-6-4-19(5-7-21)15-26-9-10-27(22(17-26)8-11-28)16-20-12-23(30-2)14-24(13-20)31-3/h4-7,12-14,22,28H,8-11,15-17H2,1-3H3,(H,25,29)/t22-/m0/s1. The molecule has 1 saturated heterocycles. The van der Waals surface area contributed by atoms with Gasteiger partial charge >= 0.3 is 0 Å². The highest BCUT2D eigenvalue weighted by molar-refractivity contribution is 5.88. The Balaban J connectivity index is 1.63. The van der Waals surface area contributed by atoms with Crippen molar-refractivity contribution in [2.24, 2.45) is 0 Å². The lowest BCUT2D eigenvalue weighted by molar-refractivity contribution is -0.114. The van der Waals surface area contributed by atoms with Crippen LogP contribution in [0.5, 0.6) is 11.5 Å². The number of anilines is 1. The third kappa shape index (κ3) is 6.69. The van der Waals surface area contributed by atoms with Gasteiger partial charge in [-0.05, 0) is 41.8 Å². The molecule has 0 radical (unpaired) electrons. The van der Waals surface area contributed by atoms with Gasteiger partial charge in [-0.25, -0.2) is 0 Å². The zero-order valence-electron chi connectivity index (χ0n) is 18.6. The predicted octanol–water partition coefficient (Wildman–Crippen LogP) is 2.73. The van der Waals surface area contributed by atoms with E-state index in [-0.39, 0.29) is 18.6 Å². The summed E-state index contributed by atoms with van der Waals surface area (Å²) in [5, 5.41) is 12.4. The Labute approximate surface area is 184 Å². The first-order valence-electron chi connectivity index (χ1n) is 10.7. The molecular weight excluding hydrogens is 394 g/mol. The number of hydrogen-bond donors (Lipinski definition) is 2. The molecule has 31 heavy (non-hydrogen) atoms. The van der Waals surface area contributed by atoms with Crippen molar-refractivity contribution in [2.75, 3.05) is 45.8 Å². The number of piperazine rings is 1. The van der Waals surface area contributed by atoms with E-state index >= 15 is 0 Å². The number of methoxy groups -OCH3 is 2. The zero-order valence-corrected chi connectivity index (χ0v) is 18.6. The molecule has 0 unspecified atom stereocenters. The van der Waals surface area contributed by atoms with Gasteiger partial charge in [0.05, 0.1) is 14.2 Å². The summed E-state index contributed by atoms with van der Waals surface area (Å²) in [4.78, 5) is 16.0. The van der Waals surface area contributed by atoms with Gasteiger partial charge in [0.1, 0.15) is 11.5 Å². The van der Waals surface area contributed by atoms with Gasteiger partial charge in [0.2, 0.25) is 5.91 Å². The van der Waals surface area contributed by atoms with Crippen LogP contribution in [0.4, 0.5) is 5.69 Å². The number of benzene rings is 2. The quantitative estimate of drug-likeness (QED) is 0.641. The van der Waals surface area contributed by atoms with Crippen LogP contribution in [0.15, 0.2) is 42.5 Å². The monoisotopic (exact) mass is 427 g/mol. The molecule has 2 aromatic carbocycles. The summed E-state index contributed by atoms with van der Waals surface area (Å²) in [6, 6.07) is 14.2. The molecular formula is C24H33N3O4. The molecule has 0 saturated carbocycles. The van der Waals surface area contributed by atoms with E-state index in [0.29, 0.717) is 0 Å². The Bertz CT molecular complexity index is 834. The third-order valence-electron chi connectivity index (χ3n) is 5.63. The van der Waals surface area contributed by atoms with E-state index in [1.54, 1.807) is 14.2 Å². The van der Waals surface area contributed by atoms with Gasteiger partial charge < -0.3 is 19.9 Å². The summed E-state index contributed by atoms with van der Waals surface area (Å²) >= 11 is 0. The van der Waals surface area contributed by atoms with Crippen molar-refractivity contribution in [3.63, 3.8) is 0 Å². The van der Waals surface area contributed by atoms with Crippen molar-refractivity contribution < 1.29 is 19.4 Å². The lowest BCUT2D eigenvalue weighted by Crippen LogP contribution is -2.52. The number of ether oxygens (including phenoxy) is 2. The van der Waals surface area contributed by atoms with Crippen molar-refractivity contribution in [1.29, 1.82) is 0 Å². The maximum atomic E-state index is 11.2. The Kier molecular flexibility index (Phi) is 8.28. The van der Waals surface area contributed by atoms with Gasteiger partial charge in [-0.2, -0.15) is 0 Å². The first-order chi connectivity index (χ1) is 15.0. The van der Waals surface area contributed by atoms with Crippen LogP contribution in [0.1, 0.15) is 24.5 Å². The van der Waals surface area contributed by atoms with Crippen LogP contribution >= 0.6 is 0 Å². The van der Waals surface area contributed by atoms with Gasteiger partial charge in [0.15, 0.2) is 0 Å². The van der Waals surface area contributed by atoms with E-state index in [1.165, 1.54) is 12.5 Å². The number of rotatable bonds is 9. The lowest BCUT2D eigenvalue weighted by atomic mass is 10.1. The molecule has 1 atom stereocenters. The van der Waals surface area contributed by atoms with Crippen LogP contribution in [0.2, 0.25) is 0 Å². The first-order valence-corrected chi connectivity index (χ1v) is 10.7. The SMILES string of the molecule is COc1cc(CN2CCN(Cc3ccc(NC(C)=O)cc3)C[C@@H]2CCO)cc(OC)c1. The number of carbonyl (C=O) groups excluding carboxylic acids is 1. The predicted molar refractivity (Wildman–Crippen MR) is 121 cm³/mol. The first kappa shape index (κ1) is 23.1. The van der Waals surface area contributed by atoms with E-state index in [4.69, 9.17) is 9.47 Å². The molecule has 1 heterocycles. The lowest BCUT2D eigenvalue weighted by Gasteiger charge is -2.41. The molecule has 1 aliphatic heterocycles. The fourth-order valence-electron chi connectivity index (χ4n) is 4.08. The molecule has 1 aliphatic rings. The number of nitrogens with one attached hydrogen (secondary N) is 1. The molecule has 0 spiro atoms. The minimum Gasteiger partial charge on any atom is -0.497 e. The van der Waals surface area contributed by atoms with Crippen LogP contribution in [-0.4, -0.2) is 67.3 Å². The molecule has 7 nitrogen and oxygen atoms in total. The van der Waals surface area contributed by atoms with Gasteiger partial charge in [0.25, 0.3) is 0 Å². The minimum atomic E-state index is -0.0654. The summed E-state index contributed by atoms with van der Waals surface area (Å²) in [6.45, 7) is 6.10. The third-order valence-corrected chi connectivity index (χ3v) is 5.63. The molecule has 168 valence electrons. The van der Waals surface area contributed by atoms with Crippen molar-refractivity contribution >= 4 is 11.6 Å². The van der Waals surface area contributed by atoms with Gasteiger partial charge in [0, 0.05) is 64.0 Å². The molecule has 0 aliphatic carbocycles. The Morgan fingerprint density at radius 3 is 2.29 bits per heavy atom. The summed E-state index contributed by atoms with van der Waals surface area (Å²) in [5.41, 5.74) is 3.16. The Morgan fingerprint density at radius 2 is 1.71 bits per heavy atom. The van der Waals surface area contributed by atoms with E-state index in [0.717, 1.165) is 61.9 Å². The zero-order chi connectivity index (χ0) is 22.2. The van der Waals surface area contributed by atoms with Crippen LogP contribution in [0.25, 0.3) is 0 Å². The summed E-state index contributed by atoms with van der Waals surface area (Å²) < 4.78 is 10.8. The Hall–Kier alpha value is -2.61. The number of nitrogens with zero attached hydrogens (tertiary/aromatic N) is 2. The highest BCUT2D eigenvalue weighted by atomic mass is 16.5. The topological polar surface area (TPSA) is 74.3 Å². The second-order valence-electron chi connectivity index (χ2n) is 7.97. The smallest absolute Gasteiger partial charge is 0.221 e. The Morgan fingerprint density at radius 1 is 1.03 bits per heavy atom.